The molecule has 10 heteroatoms. The third-order valence-corrected chi connectivity index (χ3v) is 2.22. The van der Waals surface area contributed by atoms with Crippen molar-refractivity contribution in [2.45, 2.75) is 18.8 Å². The van der Waals surface area contributed by atoms with Crippen molar-refractivity contribution >= 4 is 17.7 Å². The number of amides is 2. The predicted molar refractivity (Wildman–Crippen MR) is 63.5 cm³/mol. The van der Waals surface area contributed by atoms with Crippen LogP contribution in [0.25, 0.3) is 0 Å². The molecular formula is C11H11F4N3O3. The summed E-state index contributed by atoms with van der Waals surface area (Å²) < 4.78 is 48.8. The Labute approximate surface area is 116 Å². The molecule has 3 N–H and O–H groups in total. The van der Waals surface area contributed by atoms with Gasteiger partial charge in [0.05, 0.1) is 30.5 Å². The maximum Gasteiger partial charge on any atom is 0.324 e. The van der Waals surface area contributed by atoms with E-state index in [9.17, 15) is 27.2 Å². The van der Waals surface area contributed by atoms with Gasteiger partial charge in [-0.25, -0.2) is 13.6 Å². The lowest BCUT2D eigenvalue weighted by molar-refractivity contribution is -0.136. The quantitative estimate of drug-likeness (QED) is 0.698. The minimum Gasteiger partial charge on any atom is -0.481 e. The van der Waals surface area contributed by atoms with Crippen LogP contribution in [-0.4, -0.2) is 41.0 Å². The monoisotopic (exact) mass is 309 g/mol. The van der Waals surface area contributed by atoms with Crippen LogP contribution in [0.5, 0.6) is 0 Å². The van der Waals surface area contributed by atoms with Gasteiger partial charge in [-0.05, 0) is 12.1 Å². The first-order valence-corrected chi connectivity index (χ1v) is 5.58. The molecule has 0 aliphatic rings. The number of nitrogens with one attached hydrogen (secondary N) is 2. The van der Waals surface area contributed by atoms with Gasteiger partial charge in [0.25, 0.3) is 0 Å². The Hall–Kier alpha value is -2.39. The largest absolute Gasteiger partial charge is 0.481 e. The number of pyridine rings is 1. The summed E-state index contributed by atoms with van der Waals surface area (Å²) in [5, 5.41) is 12.2. The minimum absolute atomic E-state index is 0.0991. The number of rotatable bonds is 6. The van der Waals surface area contributed by atoms with Gasteiger partial charge in [-0.15, -0.1) is 0 Å². The number of aliphatic carboxylic acids is 1. The summed E-state index contributed by atoms with van der Waals surface area (Å²) in [6.07, 6.45) is -3.08. The predicted octanol–water partition coefficient (Wildman–Crippen LogP) is 1.73. The maximum atomic E-state index is 12.6. The molecule has 1 rings (SSSR count). The topological polar surface area (TPSA) is 91.3 Å². The summed E-state index contributed by atoms with van der Waals surface area (Å²) in [7, 11) is 0. The molecule has 6 nitrogen and oxygen atoms in total. The van der Waals surface area contributed by atoms with Crippen LogP contribution in [0.3, 0.4) is 0 Å². The van der Waals surface area contributed by atoms with Crippen molar-refractivity contribution < 1.29 is 32.3 Å². The standard InChI is InChI=1S/C11H11F4N3O3/c12-9(13)11(14,15)5-17-10(21)18-7-2-1-6(16-4-7)3-8(19)20/h1-2,4,9H,3,5H2,(H,19,20)(H2,17,18,21). The molecule has 2 amide bonds. The fourth-order valence-corrected chi connectivity index (χ4v) is 1.21. The molecule has 116 valence electrons. The van der Waals surface area contributed by atoms with Crippen LogP contribution in [-0.2, 0) is 11.2 Å². The maximum absolute atomic E-state index is 12.6. The van der Waals surface area contributed by atoms with E-state index in [1.54, 1.807) is 5.32 Å². The number of hydrogen-bond donors (Lipinski definition) is 3. The van der Waals surface area contributed by atoms with E-state index in [1.807, 2.05) is 0 Å². The summed E-state index contributed by atoms with van der Waals surface area (Å²) in [6, 6.07) is 1.51. The number of hydrogen-bond acceptors (Lipinski definition) is 3. The van der Waals surface area contributed by atoms with Gasteiger partial charge in [0.2, 0.25) is 0 Å². The molecule has 0 saturated carbocycles. The van der Waals surface area contributed by atoms with Gasteiger partial charge < -0.3 is 15.7 Å². The summed E-state index contributed by atoms with van der Waals surface area (Å²) in [5.74, 6) is -5.41. The van der Waals surface area contributed by atoms with Crippen molar-refractivity contribution in [2.24, 2.45) is 0 Å². The number of nitrogens with zero attached hydrogens (tertiary/aromatic N) is 1. The molecule has 0 fully saturated rings. The molecule has 0 aliphatic heterocycles. The van der Waals surface area contributed by atoms with E-state index in [-0.39, 0.29) is 17.8 Å². The van der Waals surface area contributed by atoms with Crippen molar-refractivity contribution in [2.75, 3.05) is 11.9 Å². The molecule has 0 radical (unpaired) electrons. The zero-order chi connectivity index (χ0) is 16.0. The van der Waals surface area contributed by atoms with E-state index in [0.29, 0.717) is 0 Å². The first kappa shape index (κ1) is 16.7. The zero-order valence-electron chi connectivity index (χ0n) is 10.4. The Morgan fingerprint density at radius 2 is 2.00 bits per heavy atom. The van der Waals surface area contributed by atoms with Crippen molar-refractivity contribution in [1.82, 2.24) is 10.3 Å². The summed E-state index contributed by atoms with van der Waals surface area (Å²) >= 11 is 0. The Morgan fingerprint density at radius 3 is 2.48 bits per heavy atom. The van der Waals surface area contributed by atoms with Crippen LogP contribution >= 0.6 is 0 Å². The van der Waals surface area contributed by atoms with Crippen molar-refractivity contribution in [1.29, 1.82) is 0 Å². The van der Waals surface area contributed by atoms with Crippen LogP contribution in [0.4, 0.5) is 28.0 Å². The zero-order valence-corrected chi connectivity index (χ0v) is 10.4. The highest BCUT2D eigenvalue weighted by Crippen LogP contribution is 2.21. The highest BCUT2D eigenvalue weighted by Gasteiger charge is 2.40. The number of carbonyl (C=O) groups excluding carboxylic acids is 1. The van der Waals surface area contributed by atoms with E-state index in [1.165, 1.54) is 12.1 Å². The molecule has 0 bridgehead atoms. The molecule has 1 aromatic rings. The first-order chi connectivity index (χ1) is 9.70. The van der Waals surface area contributed by atoms with Crippen LogP contribution < -0.4 is 10.6 Å². The molecule has 0 aliphatic carbocycles. The van der Waals surface area contributed by atoms with Gasteiger partial charge in [0.15, 0.2) is 0 Å². The third-order valence-electron chi connectivity index (χ3n) is 2.22. The Morgan fingerprint density at radius 1 is 1.33 bits per heavy atom. The molecular weight excluding hydrogens is 298 g/mol. The van der Waals surface area contributed by atoms with Crippen molar-refractivity contribution in [3.8, 4) is 0 Å². The summed E-state index contributed by atoms with van der Waals surface area (Å²) in [6.45, 7) is -1.51. The van der Waals surface area contributed by atoms with Gasteiger partial charge in [-0.1, -0.05) is 0 Å². The lowest BCUT2D eigenvalue weighted by Gasteiger charge is -2.16. The third kappa shape index (κ3) is 5.63. The molecule has 0 aromatic carbocycles. The Kier molecular flexibility index (Phi) is 5.44. The van der Waals surface area contributed by atoms with E-state index in [4.69, 9.17) is 5.11 Å². The molecule has 0 atom stereocenters. The number of anilines is 1. The smallest absolute Gasteiger partial charge is 0.324 e. The number of urea groups is 1. The molecule has 0 unspecified atom stereocenters. The van der Waals surface area contributed by atoms with Crippen molar-refractivity contribution in [3.05, 3.63) is 24.0 Å². The fourth-order valence-electron chi connectivity index (χ4n) is 1.21. The van der Waals surface area contributed by atoms with Gasteiger partial charge in [-0.2, -0.15) is 8.78 Å². The van der Waals surface area contributed by atoms with Crippen LogP contribution in [0.1, 0.15) is 5.69 Å². The fraction of sp³-hybridized carbons (Fsp3) is 0.364. The number of alkyl halides is 4. The van der Waals surface area contributed by atoms with E-state index in [0.717, 1.165) is 6.20 Å². The van der Waals surface area contributed by atoms with Crippen molar-refractivity contribution in [3.63, 3.8) is 0 Å². The summed E-state index contributed by atoms with van der Waals surface area (Å²) in [4.78, 5) is 25.4. The Bertz CT molecular complexity index is 508. The van der Waals surface area contributed by atoms with Gasteiger partial charge in [0.1, 0.15) is 0 Å². The average molecular weight is 309 g/mol. The molecule has 0 saturated heterocycles. The first-order valence-electron chi connectivity index (χ1n) is 5.58. The number of carbonyl (C=O) groups is 2. The van der Waals surface area contributed by atoms with E-state index < -0.39 is 30.9 Å². The molecule has 0 spiro atoms. The second-order valence-electron chi connectivity index (χ2n) is 3.98. The molecule has 1 aromatic heterocycles. The van der Waals surface area contributed by atoms with E-state index in [2.05, 4.69) is 10.3 Å². The number of aromatic nitrogens is 1. The second-order valence-corrected chi connectivity index (χ2v) is 3.98. The number of carboxylic acid groups (broad SMARTS) is 1. The molecule has 1 heterocycles. The van der Waals surface area contributed by atoms with Gasteiger partial charge in [0, 0.05) is 0 Å². The lowest BCUT2D eigenvalue weighted by Crippen LogP contribution is -2.42. The minimum atomic E-state index is -4.32. The van der Waals surface area contributed by atoms with Crippen LogP contribution in [0.2, 0.25) is 0 Å². The Balaban J connectivity index is 2.50. The highest BCUT2D eigenvalue weighted by molar-refractivity contribution is 5.89. The SMILES string of the molecule is O=C(O)Cc1ccc(NC(=O)NCC(F)(F)C(F)F)cn1. The average Bonchev–Trinajstić information content (AvgIpc) is 2.38. The van der Waals surface area contributed by atoms with Crippen LogP contribution in [0, 0.1) is 0 Å². The van der Waals surface area contributed by atoms with Gasteiger partial charge in [-0.3, -0.25) is 9.78 Å². The number of halogens is 4. The molecule has 21 heavy (non-hydrogen) atoms. The normalized spacial score (nSPS) is 11.3. The van der Waals surface area contributed by atoms with Gasteiger partial charge >= 0.3 is 24.3 Å². The van der Waals surface area contributed by atoms with Crippen LogP contribution in [0.15, 0.2) is 18.3 Å². The van der Waals surface area contributed by atoms with E-state index >= 15 is 0 Å². The number of carboxylic acids is 1. The highest BCUT2D eigenvalue weighted by atomic mass is 19.3. The summed E-state index contributed by atoms with van der Waals surface area (Å²) in [5.41, 5.74) is 0.333. The second kappa shape index (κ2) is 6.86. The lowest BCUT2D eigenvalue weighted by atomic mass is 10.2.